The van der Waals surface area contributed by atoms with Gasteiger partial charge in [0, 0.05) is 18.7 Å². The zero-order valence-corrected chi connectivity index (χ0v) is 15.3. The number of hydrogen-bond donors (Lipinski definition) is 1. The monoisotopic (exact) mass is 386 g/mol. The maximum absolute atomic E-state index is 13.0. The molecule has 3 aromatic rings. The molecule has 0 aliphatic rings. The highest BCUT2D eigenvalue weighted by Gasteiger charge is 2.29. The molecule has 0 radical (unpaired) electrons. The van der Waals surface area contributed by atoms with Crippen molar-refractivity contribution in [2.24, 2.45) is 0 Å². The Bertz CT molecular complexity index is 1120. The minimum absolute atomic E-state index is 0.0280. The topological polar surface area (TPSA) is 116 Å². The second-order valence-electron chi connectivity index (χ2n) is 6.07. The van der Waals surface area contributed by atoms with Gasteiger partial charge in [-0.05, 0) is 12.1 Å². The van der Waals surface area contributed by atoms with Crippen LogP contribution in [0.1, 0.15) is 29.4 Å². The number of ether oxygens (including phenoxy) is 2. The molecule has 0 saturated carbocycles. The molecule has 0 spiro atoms. The molecule has 0 amide bonds. The lowest BCUT2D eigenvalue weighted by molar-refractivity contribution is -0.140. The summed E-state index contributed by atoms with van der Waals surface area (Å²) in [6.45, 7) is -0.0280. The highest BCUT2D eigenvalue weighted by Crippen LogP contribution is 2.32. The van der Waals surface area contributed by atoms with Gasteiger partial charge in [0.2, 0.25) is 11.2 Å². The first-order valence-electron chi connectivity index (χ1n) is 8.38. The molecule has 2 aromatic heterocycles. The van der Waals surface area contributed by atoms with Gasteiger partial charge in [-0.15, -0.1) is 0 Å². The minimum Gasteiger partial charge on any atom is -0.502 e. The molecule has 146 valence electrons. The van der Waals surface area contributed by atoms with Gasteiger partial charge in [0.15, 0.2) is 11.2 Å². The van der Waals surface area contributed by atoms with Crippen LogP contribution >= 0.6 is 0 Å². The molecule has 28 heavy (non-hydrogen) atoms. The standard InChI is InChI=1S/C20H18O8/c1-25-9-11-7-15(21)19(24)20(28-11)13(8-17(22)26-2)14-10-27-16-6-4-3-5-12(16)18(14)23/h3-7,10,13,24H,8-9H2,1-2H3. The predicted octanol–water partition coefficient (Wildman–Crippen LogP) is 2.29. The van der Waals surface area contributed by atoms with Crippen molar-refractivity contribution in [3.63, 3.8) is 0 Å². The Kier molecular flexibility index (Phi) is 5.60. The Morgan fingerprint density at radius 2 is 1.96 bits per heavy atom. The van der Waals surface area contributed by atoms with Crippen molar-refractivity contribution in [2.45, 2.75) is 18.9 Å². The summed E-state index contributed by atoms with van der Waals surface area (Å²) < 4.78 is 20.8. The summed E-state index contributed by atoms with van der Waals surface area (Å²) in [6, 6.07) is 7.69. The van der Waals surface area contributed by atoms with E-state index in [0.717, 1.165) is 6.07 Å². The summed E-state index contributed by atoms with van der Waals surface area (Å²) in [5.41, 5.74) is -0.702. The van der Waals surface area contributed by atoms with Crippen molar-refractivity contribution in [3.05, 3.63) is 74.1 Å². The van der Waals surface area contributed by atoms with Crippen molar-refractivity contribution >= 4 is 16.9 Å². The summed E-state index contributed by atoms with van der Waals surface area (Å²) in [5, 5.41) is 10.6. The highest BCUT2D eigenvalue weighted by atomic mass is 16.5. The molecule has 8 heteroatoms. The van der Waals surface area contributed by atoms with Gasteiger partial charge in [-0.1, -0.05) is 12.1 Å². The van der Waals surface area contributed by atoms with Crippen molar-refractivity contribution < 1.29 is 28.2 Å². The summed E-state index contributed by atoms with van der Waals surface area (Å²) in [4.78, 5) is 37.1. The van der Waals surface area contributed by atoms with E-state index in [0.29, 0.717) is 11.0 Å². The average molecular weight is 386 g/mol. The van der Waals surface area contributed by atoms with Crippen LogP contribution in [0.4, 0.5) is 0 Å². The maximum Gasteiger partial charge on any atom is 0.306 e. The number of methoxy groups -OCH3 is 2. The molecule has 0 aliphatic carbocycles. The van der Waals surface area contributed by atoms with Crippen LogP contribution in [0, 0.1) is 0 Å². The molecule has 0 bridgehead atoms. The van der Waals surface area contributed by atoms with Crippen molar-refractivity contribution in [3.8, 4) is 5.75 Å². The number of rotatable bonds is 6. The summed E-state index contributed by atoms with van der Waals surface area (Å²) in [6.07, 6.45) is 0.854. The van der Waals surface area contributed by atoms with E-state index in [2.05, 4.69) is 0 Å². The van der Waals surface area contributed by atoms with Crippen LogP contribution in [0.5, 0.6) is 5.75 Å². The number of hydrogen-bond acceptors (Lipinski definition) is 8. The second-order valence-corrected chi connectivity index (χ2v) is 6.07. The Morgan fingerprint density at radius 1 is 1.21 bits per heavy atom. The van der Waals surface area contributed by atoms with E-state index in [-0.39, 0.29) is 30.1 Å². The summed E-state index contributed by atoms with van der Waals surface area (Å²) in [7, 11) is 2.61. The Labute approximate surface area is 158 Å². The fraction of sp³-hybridized carbons (Fsp3) is 0.250. The van der Waals surface area contributed by atoms with Gasteiger partial charge in [0.25, 0.3) is 0 Å². The molecule has 0 saturated heterocycles. The molecule has 0 aliphatic heterocycles. The smallest absolute Gasteiger partial charge is 0.306 e. The van der Waals surface area contributed by atoms with Crippen LogP contribution in [0.2, 0.25) is 0 Å². The van der Waals surface area contributed by atoms with Gasteiger partial charge in [0.05, 0.1) is 31.1 Å². The van der Waals surface area contributed by atoms with E-state index in [1.165, 1.54) is 20.5 Å². The number of esters is 1. The molecule has 2 heterocycles. The van der Waals surface area contributed by atoms with Crippen molar-refractivity contribution in [1.82, 2.24) is 0 Å². The third-order valence-corrected chi connectivity index (χ3v) is 4.28. The quantitative estimate of drug-likeness (QED) is 0.642. The van der Waals surface area contributed by atoms with E-state index in [4.69, 9.17) is 18.3 Å². The zero-order chi connectivity index (χ0) is 20.3. The van der Waals surface area contributed by atoms with Crippen LogP contribution in [0.25, 0.3) is 11.0 Å². The van der Waals surface area contributed by atoms with E-state index in [1.54, 1.807) is 24.3 Å². The number of fused-ring (bicyclic) bond motifs is 1. The van der Waals surface area contributed by atoms with E-state index < -0.39 is 28.5 Å². The van der Waals surface area contributed by atoms with Crippen molar-refractivity contribution in [2.75, 3.05) is 14.2 Å². The first-order valence-corrected chi connectivity index (χ1v) is 8.38. The van der Waals surface area contributed by atoms with E-state index >= 15 is 0 Å². The van der Waals surface area contributed by atoms with Gasteiger partial charge in [-0.25, -0.2) is 0 Å². The van der Waals surface area contributed by atoms with Crippen LogP contribution < -0.4 is 10.9 Å². The lowest BCUT2D eigenvalue weighted by Gasteiger charge is -2.16. The fourth-order valence-corrected chi connectivity index (χ4v) is 2.93. The normalized spacial score (nSPS) is 12.1. The lowest BCUT2D eigenvalue weighted by atomic mass is 9.92. The minimum atomic E-state index is -1.09. The maximum atomic E-state index is 13.0. The summed E-state index contributed by atoms with van der Waals surface area (Å²) >= 11 is 0. The van der Waals surface area contributed by atoms with E-state index in [9.17, 15) is 19.5 Å². The largest absolute Gasteiger partial charge is 0.502 e. The Balaban J connectivity index is 2.24. The SMILES string of the molecule is COCc1cc(=O)c(O)c(C(CC(=O)OC)c2coc3ccccc3c2=O)o1. The average Bonchev–Trinajstić information content (AvgIpc) is 2.70. The number of benzene rings is 1. The molecule has 0 fully saturated rings. The molecular formula is C20H18O8. The van der Waals surface area contributed by atoms with Crippen LogP contribution in [-0.2, 0) is 20.9 Å². The highest BCUT2D eigenvalue weighted by molar-refractivity contribution is 5.77. The van der Waals surface area contributed by atoms with Gasteiger partial charge in [-0.3, -0.25) is 14.4 Å². The second kappa shape index (κ2) is 8.10. The number of para-hydroxylation sites is 1. The number of carbonyl (C=O) groups excluding carboxylic acids is 1. The van der Waals surface area contributed by atoms with Gasteiger partial charge < -0.3 is 23.4 Å². The molecule has 1 aromatic carbocycles. The molecule has 3 rings (SSSR count). The first kappa shape index (κ1) is 19.4. The van der Waals surface area contributed by atoms with Crippen LogP contribution in [-0.4, -0.2) is 25.3 Å². The van der Waals surface area contributed by atoms with E-state index in [1.807, 2.05) is 0 Å². The van der Waals surface area contributed by atoms with Gasteiger partial charge in [-0.2, -0.15) is 0 Å². The third kappa shape index (κ3) is 3.67. The molecule has 1 atom stereocenters. The Morgan fingerprint density at radius 3 is 2.68 bits per heavy atom. The molecular weight excluding hydrogens is 368 g/mol. The zero-order valence-electron chi connectivity index (χ0n) is 15.3. The van der Waals surface area contributed by atoms with Gasteiger partial charge in [0.1, 0.15) is 18.0 Å². The first-order chi connectivity index (χ1) is 13.5. The van der Waals surface area contributed by atoms with Gasteiger partial charge >= 0.3 is 5.97 Å². The fourth-order valence-electron chi connectivity index (χ4n) is 2.93. The summed E-state index contributed by atoms with van der Waals surface area (Å²) in [5.74, 6) is -2.52. The van der Waals surface area contributed by atoms with Crippen LogP contribution in [0.15, 0.2) is 55.0 Å². The lowest BCUT2D eigenvalue weighted by Crippen LogP contribution is -2.20. The molecule has 1 unspecified atom stereocenters. The number of aromatic hydroxyl groups is 1. The number of carbonyl (C=O) groups is 1. The third-order valence-electron chi connectivity index (χ3n) is 4.28. The van der Waals surface area contributed by atoms with Crippen molar-refractivity contribution in [1.29, 1.82) is 0 Å². The Hall–Kier alpha value is -3.39. The molecule has 1 N–H and O–H groups in total. The predicted molar refractivity (Wildman–Crippen MR) is 98.3 cm³/mol. The molecule has 8 nitrogen and oxygen atoms in total. The van der Waals surface area contributed by atoms with Crippen LogP contribution in [0.3, 0.4) is 0 Å².